The smallest absolute Gasteiger partial charge is 0.416 e. The molecule has 0 saturated carbocycles. The van der Waals surface area contributed by atoms with Gasteiger partial charge in [0.2, 0.25) is 11.6 Å². The van der Waals surface area contributed by atoms with Gasteiger partial charge in [0.05, 0.1) is 21.2 Å². The molecule has 2 rings (SSSR count). The molecule has 1 amide bonds. The van der Waals surface area contributed by atoms with Crippen LogP contribution < -0.4 is 10.1 Å². The molecule has 0 atom stereocenters. The average Bonchev–Trinajstić information content (AvgIpc) is 2.93. The van der Waals surface area contributed by atoms with E-state index in [0.717, 1.165) is 4.68 Å². The Morgan fingerprint density at radius 1 is 1.41 bits per heavy atom. The van der Waals surface area contributed by atoms with E-state index in [0.29, 0.717) is 30.8 Å². The fourth-order valence-corrected chi connectivity index (χ4v) is 2.35. The molecule has 0 unspecified atom stereocenters. The van der Waals surface area contributed by atoms with Crippen molar-refractivity contribution in [1.82, 2.24) is 15.1 Å². The second-order valence-corrected chi connectivity index (χ2v) is 5.84. The Hall–Kier alpha value is -2.82. The van der Waals surface area contributed by atoms with Crippen LogP contribution in [0.15, 0.2) is 18.2 Å². The molecule has 12 heteroatoms. The number of alkyl halides is 3. The van der Waals surface area contributed by atoms with Crippen LogP contribution in [0, 0.1) is 17.0 Å². The van der Waals surface area contributed by atoms with Gasteiger partial charge in [-0.2, -0.15) is 17.9 Å². The zero-order valence-electron chi connectivity index (χ0n) is 14.1. The van der Waals surface area contributed by atoms with Gasteiger partial charge in [0, 0.05) is 18.7 Å². The van der Waals surface area contributed by atoms with E-state index in [2.05, 4.69) is 10.4 Å². The standard InChI is InChI=1S/C15H14ClF3N4O4/c1-3-4-20-14(24)22-8(2)5-12(21-22)27-13-10(16)6-9(15(17,18)19)7-11(13)23(25)26/h5-7H,3-4H2,1-2H3,(H,20,24). The molecule has 1 aromatic heterocycles. The van der Waals surface area contributed by atoms with Gasteiger partial charge in [0.15, 0.2) is 0 Å². The molecule has 0 radical (unpaired) electrons. The Labute approximate surface area is 156 Å². The monoisotopic (exact) mass is 406 g/mol. The molecular weight excluding hydrogens is 393 g/mol. The van der Waals surface area contributed by atoms with Crippen molar-refractivity contribution in [2.75, 3.05) is 6.54 Å². The molecule has 1 heterocycles. The predicted molar refractivity (Wildman–Crippen MR) is 89.2 cm³/mol. The quantitative estimate of drug-likeness (QED) is 0.580. The number of nitro benzene ring substituents is 1. The normalized spacial score (nSPS) is 11.3. The molecule has 27 heavy (non-hydrogen) atoms. The van der Waals surface area contributed by atoms with E-state index < -0.39 is 39.2 Å². The number of ether oxygens (including phenoxy) is 1. The van der Waals surface area contributed by atoms with Gasteiger partial charge in [-0.05, 0) is 19.4 Å². The number of halogens is 4. The fourth-order valence-electron chi connectivity index (χ4n) is 2.09. The molecule has 8 nitrogen and oxygen atoms in total. The van der Waals surface area contributed by atoms with Gasteiger partial charge in [-0.1, -0.05) is 18.5 Å². The first-order chi connectivity index (χ1) is 12.5. The number of hydrogen-bond acceptors (Lipinski definition) is 5. The second-order valence-electron chi connectivity index (χ2n) is 5.43. The number of rotatable bonds is 5. The largest absolute Gasteiger partial charge is 0.429 e. The number of hydrogen-bond donors (Lipinski definition) is 1. The van der Waals surface area contributed by atoms with Crippen molar-refractivity contribution in [3.63, 3.8) is 0 Å². The first kappa shape index (κ1) is 20.5. The minimum absolute atomic E-state index is 0.232. The van der Waals surface area contributed by atoms with E-state index in [1.54, 1.807) is 0 Å². The molecule has 2 aromatic rings. The van der Waals surface area contributed by atoms with E-state index >= 15 is 0 Å². The number of benzene rings is 1. The molecule has 1 aromatic carbocycles. The number of nitro groups is 1. The molecule has 0 aliphatic rings. The summed E-state index contributed by atoms with van der Waals surface area (Å²) in [5.41, 5.74) is -1.91. The van der Waals surface area contributed by atoms with Crippen LogP contribution in [0.2, 0.25) is 5.02 Å². The van der Waals surface area contributed by atoms with Gasteiger partial charge < -0.3 is 10.1 Å². The van der Waals surface area contributed by atoms with Gasteiger partial charge in [0.1, 0.15) is 0 Å². The number of nitrogens with zero attached hydrogens (tertiary/aromatic N) is 3. The van der Waals surface area contributed by atoms with Crippen LogP contribution in [0.1, 0.15) is 24.6 Å². The summed E-state index contributed by atoms with van der Waals surface area (Å²) >= 11 is 5.77. The number of amides is 1. The third-order valence-corrected chi connectivity index (χ3v) is 3.62. The van der Waals surface area contributed by atoms with Gasteiger partial charge in [-0.3, -0.25) is 10.1 Å². The molecule has 0 aliphatic heterocycles. The van der Waals surface area contributed by atoms with Crippen molar-refractivity contribution < 1.29 is 27.6 Å². The lowest BCUT2D eigenvalue weighted by atomic mass is 10.2. The lowest BCUT2D eigenvalue weighted by Crippen LogP contribution is -2.30. The number of aromatic nitrogens is 2. The second kappa shape index (κ2) is 7.82. The molecule has 0 fully saturated rings. The molecule has 0 aliphatic carbocycles. The van der Waals surface area contributed by atoms with Crippen LogP contribution in [0.25, 0.3) is 0 Å². The first-order valence-corrected chi connectivity index (χ1v) is 8.00. The van der Waals surface area contributed by atoms with Crippen LogP contribution in [0.3, 0.4) is 0 Å². The molecular formula is C15H14ClF3N4O4. The van der Waals surface area contributed by atoms with Crippen LogP contribution in [0.4, 0.5) is 23.7 Å². The van der Waals surface area contributed by atoms with Crippen LogP contribution in [-0.2, 0) is 6.18 Å². The first-order valence-electron chi connectivity index (χ1n) is 7.62. The Balaban J connectivity index is 2.40. The van der Waals surface area contributed by atoms with Crippen molar-refractivity contribution in [2.24, 2.45) is 0 Å². The Morgan fingerprint density at radius 2 is 2.07 bits per heavy atom. The maximum absolute atomic E-state index is 12.8. The summed E-state index contributed by atoms with van der Waals surface area (Å²) in [6.07, 6.45) is -4.12. The zero-order chi connectivity index (χ0) is 20.4. The van der Waals surface area contributed by atoms with E-state index in [9.17, 15) is 28.1 Å². The summed E-state index contributed by atoms with van der Waals surface area (Å²) in [7, 11) is 0. The topological polar surface area (TPSA) is 99.3 Å². The summed E-state index contributed by atoms with van der Waals surface area (Å²) in [4.78, 5) is 22.1. The Kier molecular flexibility index (Phi) is 5.94. The highest BCUT2D eigenvalue weighted by Gasteiger charge is 2.35. The lowest BCUT2D eigenvalue weighted by Gasteiger charge is -2.10. The van der Waals surface area contributed by atoms with Crippen molar-refractivity contribution in [3.8, 4) is 11.6 Å². The summed E-state index contributed by atoms with van der Waals surface area (Å²) in [6.45, 7) is 3.80. The highest BCUT2D eigenvalue weighted by molar-refractivity contribution is 6.32. The van der Waals surface area contributed by atoms with Crippen molar-refractivity contribution in [1.29, 1.82) is 0 Å². The van der Waals surface area contributed by atoms with Gasteiger partial charge in [0.25, 0.3) is 0 Å². The summed E-state index contributed by atoms with van der Waals surface area (Å²) in [6, 6.07) is 1.58. The van der Waals surface area contributed by atoms with E-state index in [1.807, 2.05) is 6.92 Å². The number of carbonyl (C=O) groups is 1. The highest BCUT2D eigenvalue weighted by atomic mass is 35.5. The van der Waals surface area contributed by atoms with E-state index in [1.165, 1.54) is 13.0 Å². The van der Waals surface area contributed by atoms with Crippen LogP contribution in [-0.4, -0.2) is 27.3 Å². The molecule has 0 spiro atoms. The van der Waals surface area contributed by atoms with Crippen LogP contribution in [0.5, 0.6) is 11.6 Å². The third-order valence-electron chi connectivity index (χ3n) is 3.34. The van der Waals surface area contributed by atoms with Crippen LogP contribution >= 0.6 is 11.6 Å². The van der Waals surface area contributed by atoms with Gasteiger partial charge in [-0.25, -0.2) is 4.79 Å². The Morgan fingerprint density at radius 3 is 2.63 bits per heavy atom. The Bertz CT molecular complexity index is 883. The number of aryl methyl sites for hydroxylation is 1. The number of carbonyl (C=O) groups excluding carboxylic acids is 1. The molecule has 1 N–H and O–H groups in total. The van der Waals surface area contributed by atoms with Crippen molar-refractivity contribution >= 4 is 23.3 Å². The molecule has 0 saturated heterocycles. The lowest BCUT2D eigenvalue weighted by molar-refractivity contribution is -0.385. The molecule has 0 bridgehead atoms. The minimum Gasteiger partial charge on any atom is -0.429 e. The van der Waals surface area contributed by atoms with E-state index in [-0.39, 0.29) is 5.88 Å². The summed E-state index contributed by atoms with van der Waals surface area (Å²) < 4.78 is 44.7. The van der Waals surface area contributed by atoms with Crippen molar-refractivity contribution in [2.45, 2.75) is 26.4 Å². The SMILES string of the molecule is CCCNC(=O)n1nc(Oc2c(Cl)cc(C(F)(F)F)cc2[N+](=O)[O-])cc1C. The highest BCUT2D eigenvalue weighted by Crippen LogP contribution is 2.42. The fraction of sp³-hybridized carbons (Fsp3) is 0.333. The van der Waals surface area contributed by atoms with Gasteiger partial charge in [-0.15, -0.1) is 5.10 Å². The number of nitrogens with one attached hydrogen (secondary N) is 1. The minimum atomic E-state index is -4.82. The summed E-state index contributed by atoms with van der Waals surface area (Å²) in [5.74, 6) is -0.836. The zero-order valence-corrected chi connectivity index (χ0v) is 14.9. The molecule has 146 valence electrons. The maximum atomic E-state index is 12.8. The predicted octanol–water partition coefficient (Wildman–Crippen LogP) is 4.53. The maximum Gasteiger partial charge on any atom is 0.416 e. The van der Waals surface area contributed by atoms with Gasteiger partial charge >= 0.3 is 17.9 Å². The van der Waals surface area contributed by atoms with E-state index in [4.69, 9.17) is 16.3 Å². The third kappa shape index (κ3) is 4.67. The average molecular weight is 407 g/mol. The van der Waals surface area contributed by atoms with Crippen molar-refractivity contribution in [3.05, 3.63) is 44.6 Å². The summed E-state index contributed by atoms with van der Waals surface area (Å²) in [5, 5.41) is 17.0.